The van der Waals surface area contributed by atoms with Crippen LogP contribution in [-0.4, -0.2) is 25.5 Å². The Kier molecular flexibility index (Phi) is 5.06. The number of nitrogens with one attached hydrogen (secondary N) is 1. The number of aromatic nitrogens is 3. The zero-order valence-corrected chi connectivity index (χ0v) is 19.3. The highest BCUT2D eigenvalue weighted by molar-refractivity contribution is 7.71. The molecule has 0 unspecified atom stereocenters. The Bertz CT molecular complexity index is 940. The van der Waals surface area contributed by atoms with E-state index in [2.05, 4.69) is 62.2 Å². The van der Waals surface area contributed by atoms with Crippen molar-refractivity contribution in [1.82, 2.24) is 14.8 Å². The highest BCUT2D eigenvalue weighted by Gasteiger charge is 2.58. The first-order valence-electron chi connectivity index (χ1n) is 11.0. The fraction of sp³-hybridized carbons (Fsp3) is 0.667. The zero-order chi connectivity index (χ0) is 21.0. The summed E-state index contributed by atoms with van der Waals surface area (Å²) in [6.45, 7) is 11.4. The first-order chi connectivity index (χ1) is 13.5. The molecule has 2 aliphatic carbocycles. The molecule has 1 aromatic carbocycles. The molecule has 5 heteroatoms. The number of benzene rings is 1. The van der Waals surface area contributed by atoms with Gasteiger partial charge in [0.2, 0.25) is 0 Å². The van der Waals surface area contributed by atoms with Gasteiger partial charge in [0.05, 0.1) is 5.60 Å². The summed E-state index contributed by atoms with van der Waals surface area (Å²) in [4.78, 5) is 0. The number of H-pyrrole nitrogens is 1. The minimum Gasteiger partial charge on any atom is -0.390 e. The molecule has 4 nitrogen and oxygen atoms in total. The van der Waals surface area contributed by atoms with Gasteiger partial charge in [-0.25, -0.2) is 0 Å². The van der Waals surface area contributed by atoms with Crippen LogP contribution in [0.25, 0.3) is 5.69 Å². The average Bonchev–Trinajstić information content (AvgIpc) is 2.99. The van der Waals surface area contributed by atoms with Crippen molar-refractivity contribution in [1.29, 1.82) is 0 Å². The van der Waals surface area contributed by atoms with Gasteiger partial charge in [0.1, 0.15) is 5.82 Å². The topological polar surface area (TPSA) is 53.8 Å². The van der Waals surface area contributed by atoms with Crippen LogP contribution >= 0.6 is 12.2 Å². The Morgan fingerprint density at radius 3 is 2.52 bits per heavy atom. The van der Waals surface area contributed by atoms with E-state index in [0.29, 0.717) is 16.1 Å². The molecule has 0 amide bonds. The normalized spacial score (nSPS) is 34.0. The van der Waals surface area contributed by atoms with Gasteiger partial charge in [0.25, 0.3) is 0 Å². The van der Waals surface area contributed by atoms with Gasteiger partial charge in [-0.2, -0.15) is 5.10 Å². The molecule has 158 valence electrons. The minimum absolute atomic E-state index is 0.106. The van der Waals surface area contributed by atoms with Gasteiger partial charge in [-0.3, -0.25) is 9.67 Å². The molecule has 2 saturated carbocycles. The standard InChI is InChI=1S/C24H35N3OS/c1-16-7-9-17(10-8-16)27-20(25-26-21(27)29)15-19-23(4)13-6-12-22(2,3)18(23)11-14-24(19,5)28/h7-10,18-19,28H,6,11-15H2,1-5H3,(H,26,29)/t18-,19+,23-,24+/m0/s1. The number of nitrogens with zero attached hydrogens (tertiary/aromatic N) is 2. The van der Waals surface area contributed by atoms with Gasteiger partial charge >= 0.3 is 0 Å². The van der Waals surface area contributed by atoms with E-state index >= 15 is 0 Å². The summed E-state index contributed by atoms with van der Waals surface area (Å²) in [5, 5.41) is 19.1. The zero-order valence-electron chi connectivity index (χ0n) is 18.5. The summed E-state index contributed by atoms with van der Waals surface area (Å²) in [7, 11) is 0. The smallest absolute Gasteiger partial charge is 0.199 e. The van der Waals surface area contributed by atoms with Gasteiger partial charge < -0.3 is 5.11 Å². The van der Waals surface area contributed by atoms with E-state index in [1.54, 1.807) is 0 Å². The predicted molar refractivity (Wildman–Crippen MR) is 120 cm³/mol. The van der Waals surface area contributed by atoms with Crippen LogP contribution in [0.15, 0.2) is 24.3 Å². The van der Waals surface area contributed by atoms with Gasteiger partial charge in [0.15, 0.2) is 4.77 Å². The lowest BCUT2D eigenvalue weighted by molar-refractivity contribution is -0.167. The van der Waals surface area contributed by atoms with E-state index in [0.717, 1.165) is 30.8 Å². The molecule has 0 spiro atoms. The summed E-state index contributed by atoms with van der Waals surface area (Å²) in [6, 6.07) is 8.39. The molecule has 0 bridgehead atoms. The van der Waals surface area contributed by atoms with Crippen molar-refractivity contribution in [3.8, 4) is 5.69 Å². The molecule has 0 aliphatic heterocycles. The third-order valence-corrected chi connectivity index (χ3v) is 8.46. The molecule has 1 aromatic heterocycles. The summed E-state index contributed by atoms with van der Waals surface area (Å²) in [5.74, 6) is 1.71. The van der Waals surface area contributed by atoms with Gasteiger partial charge in [-0.15, -0.1) is 0 Å². The highest BCUT2D eigenvalue weighted by atomic mass is 32.1. The quantitative estimate of drug-likeness (QED) is 0.628. The minimum atomic E-state index is -0.690. The van der Waals surface area contributed by atoms with Crippen LogP contribution < -0.4 is 0 Å². The maximum absolute atomic E-state index is 11.5. The van der Waals surface area contributed by atoms with Crippen LogP contribution in [0.1, 0.15) is 71.2 Å². The fourth-order valence-corrected chi connectivity index (χ4v) is 6.94. The van der Waals surface area contributed by atoms with E-state index in [1.807, 2.05) is 11.5 Å². The Morgan fingerprint density at radius 1 is 1.14 bits per heavy atom. The lowest BCUT2D eigenvalue weighted by Crippen LogP contribution is -2.58. The fourth-order valence-electron chi connectivity index (χ4n) is 6.69. The molecule has 0 saturated heterocycles. The molecule has 0 radical (unpaired) electrons. The summed E-state index contributed by atoms with van der Waals surface area (Å²) < 4.78 is 2.66. The predicted octanol–water partition coefficient (Wildman–Crippen LogP) is 5.77. The Labute approximate surface area is 179 Å². The van der Waals surface area contributed by atoms with Crippen molar-refractivity contribution < 1.29 is 5.11 Å². The van der Waals surface area contributed by atoms with Crippen LogP contribution in [0.5, 0.6) is 0 Å². The summed E-state index contributed by atoms with van der Waals surface area (Å²) >= 11 is 5.57. The lowest BCUT2D eigenvalue weighted by Gasteiger charge is -2.61. The lowest BCUT2D eigenvalue weighted by atomic mass is 9.45. The van der Waals surface area contributed by atoms with E-state index < -0.39 is 5.60 Å². The Balaban J connectivity index is 1.75. The molecule has 4 rings (SSSR count). The van der Waals surface area contributed by atoms with Crippen LogP contribution in [0.2, 0.25) is 0 Å². The number of aryl methyl sites for hydroxylation is 1. The third-order valence-electron chi connectivity index (χ3n) is 8.18. The molecule has 2 N–H and O–H groups in total. The first kappa shape index (κ1) is 20.8. The average molecular weight is 414 g/mol. The summed E-state index contributed by atoms with van der Waals surface area (Å²) in [5.41, 5.74) is 1.99. The number of rotatable bonds is 3. The highest BCUT2D eigenvalue weighted by Crippen LogP contribution is 2.62. The molecule has 2 fully saturated rings. The Hall–Kier alpha value is -1.46. The number of aromatic amines is 1. The second-order valence-electron chi connectivity index (χ2n) is 10.7. The molecule has 2 aliphatic rings. The van der Waals surface area contributed by atoms with E-state index in [-0.39, 0.29) is 11.3 Å². The molecule has 2 aromatic rings. The van der Waals surface area contributed by atoms with Crippen LogP contribution in [0.3, 0.4) is 0 Å². The van der Waals surface area contributed by atoms with Gasteiger partial charge in [0, 0.05) is 18.0 Å². The monoisotopic (exact) mass is 413 g/mol. The third kappa shape index (κ3) is 3.50. The van der Waals surface area contributed by atoms with E-state index in [4.69, 9.17) is 12.2 Å². The number of hydrogen-bond donors (Lipinski definition) is 2. The van der Waals surface area contributed by atoms with Crippen LogP contribution in [0, 0.1) is 34.4 Å². The molecule has 29 heavy (non-hydrogen) atoms. The van der Waals surface area contributed by atoms with Crippen molar-refractivity contribution in [2.45, 2.75) is 78.7 Å². The molecule has 4 atom stereocenters. The van der Waals surface area contributed by atoms with Crippen LogP contribution in [0.4, 0.5) is 0 Å². The second kappa shape index (κ2) is 7.05. The SMILES string of the molecule is Cc1ccc(-n2c(C[C@@H]3[C@@]4(C)CCCC(C)(C)[C@@H]4CC[C@@]3(C)O)n[nH]c2=S)cc1. The van der Waals surface area contributed by atoms with E-state index in [9.17, 15) is 5.11 Å². The second-order valence-corrected chi connectivity index (χ2v) is 11.1. The van der Waals surface area contributed by atoms with Crippen molar-refractivity contribution >= 4 is 12.2 Å². The van der Waals surface area contributed by atoms with E-state index in [1.165, 1.54) is 24.8 Å². The maximum Gasteiger partial charge on any atom is 0.199 e. The summed E-state index contributed by atoms with van der Waals surface area (Å²) in [6.07, 6.45) is 6.39. The number of fused-ring (bicyclic) bond motifs is 1. The van der Waals surface area contributed by atoms with Crippen LogP contribution in [-0.2, 0) is 6.42 Å². The largest absolute Gasteiger partial charge is 0.390 e. The van der Waals surface area contributed by atoms with Crippen molar-refractivity contribution in [3.63, 3.8) is 0 Å². The van der Waals surface area contributed by atoms with Gasteiger partial charge in [-0.05, 0) is 80.6 Å². The van der Waals surface area contributed by atoms with Crippen molar-refractivity contribution in [3.05, 3.63) is 40.4 Å². The maximum atomic E-state index is 11.5. The molecular weight excluding hydrogens is 378 g/mol. The van der Waals surface area contributed by atoms with Crippen molar-refractivity contribution in [2.75, 3.05) is 0 Å². The Morgan fingerprint density at radius 2 is 1.83 bits per heavy atom. The molecular formula is C24H35N3OS. The number of aliphatic hydroxyl groups is 1. The number of hydrogen-bond acceptors (Lipinski definition) is 3. The van der Waals surface area contributed by atoms with Gasteiger partial charge in [-0.1, -0.05) is 44.9 Å². The first-order valence-corrected chi connectivity index (χ1v) is 11.4. The molecule has 1 heterocycles. The van der Waals surface area contributed by atoms with Crippen molar-refractivity contribution in [2.24, 2.45) is 22.7 Å².